The zero-order chi connectivity index (χ0) is 51.8. The number of piperazine rings is 5. The summed E-state index contributed by atoms with van der Waals surface area (Å²) in [5.74, 6) is 1.86. The molecule has 6 unspecified atom stereocenters. The molecule has 0 aromatic carbocycles. The van der Waals surface area contributed by atoms with Gasteiger partial charge in [-0.1, -0.05) is 27.7 Å². The van der Waals surface area contributed by atoms with Crippen molar-refractivity contribution in [2.24, 2.45) is 11.8 Å². The highest BCUT2D eigenvalue weighted by atomic mass is 15.3. The molecule has 0 aliphatic carbocycles. The lowest BCUT2D eigenvalue weighted by atomic mass is 9.82. The van der Waals surface area contributed by atoms with Crippen molar-refractivity contribution in [2.45, 2.75) is 224 Å². The summed E-state index contributed by atoms with van der Waals surface area (Å²) in [4.78, 5) is 25.2. The van der Waals surface area contributed by atoms with Crippen LogP contribution < -0.4 is 5.32 Å². The summed E-state index contributed by atoms with van der Waals surface area (Å²) in [7, 11) is 6.69. The summed E-state index contributed by atoms with van der Waals surface area (Å²) < 4.78 is 0. The summed E-state index contributed by atoms with van der Waals surface area (Å²) in [5.41, 5.74) is 0. The number of likely N-dealkylation sites (N-methyl/N-ethyl adjacent to an activating group) is 3. The first-order valence-electron chi connectivity index (χ1n) is 28.8. The minimum atomic E-state index is 0.654. The fourth-order valence-corrected chi connectivity index (χ4v) is 10.6. The van der Waals surface area contributed by atoms with Crippen LogP contribution in [0.4, 0.5) is 0 Å². The van der Waals surface area contributed by atoms with Crippen molar-refractivity contribution in [3.8, 4) is 0 Å². The van der Waals surface area contributed by atoms with E-state index in [1.54, 1.807) is 0 Å². The third-order valence-electron chi connectivity index (χ3n) is 16.6. The average Bonchev–Trinajstić information content (AvgIpc) is 3.29. The van der Waals surface area contributed by atoms with Crippen LogP contribution in [0.3, 0.4) is 0 Å². The molecular weight excluding hydrogens is 839 g/mol. The number of hydrogen-bond donors (Lipinski definition) is 1. The highest BCUT2D eigenvalue weighted by molar-refractivity contribution is 4.85. The van der Waals surface area contributed by atoms with Gasteiger partial charge in [-0.05, 0) is 176 Å². The van der Waals surface area contributed by atoms with Crippen LogP contribution >= 0.6 is 0 Å². The Morgan fingerprint density at radius 3 is 1.09 bits per heavy atom. The molecule has 0 bridgehead atoms. The zero-order valence-electron chi connectivity index (χ0n) is 50.3. The standard InChI is InChI=1S/C11H23N.2C10H22N2.2C9H20N2.C8H18N2/c1-5-11-8-10(9(2)3)6-7-12(11)4;1-8(2)12-6-9(3)11(5)10(4)7-12;1-9(2)11-5-7-12(8-6-11)10(3)4;1-7(2)11-5-8(3)10-9(4)6-11;1-4-10-5-7-11(8-6-10)9(2)3;1-8(2)10-6-4-9(3)5-7-10/h9-11H,5-8H2,1-4H3;8-10H,6-7H2,1-5H3;9-10H,5-8H2,1-4H3;7-10H,5-6H2,1-4H3;9H,4-8H2,1-3H3;8H,4-7H2,1-3H3. The monoisotopic (exact) mass is 964 g/mol. The molecule has 6 heterocycles. The second-order valence-electron chi connectivity index (χ2n) is 24.3. The third-order valence-corrected chi connectivity index (χ3v) is 16.6. The molecule has 6 atom stereocenters. The van der Waals surface area contributed by atoms with E-state index in [4.69, 9.17) is 0 Å². The van der Waals surface area contributed by atoms with E-state index in [2.05, 4.69) is 214 Å². The first-order chi connectivity index (χ1) is 31.8. The van der Waals surface area contributed by atoms with Gasteiger partial charge >= 0.3 is 0 Å². The van der Waals surface area contributed by atoms with Crippen molar-refractivity contribution in [3.63, 3.8) is 0 Å². The summed E-state index contributed by atoms with van der Waals surface area (Å²) in [6.45, 7) is 68.1. The molecule has 6 rings (SSSR count). The Kier molecular flexibility index (Phi) is 33.6. The van der Waals surface area contributed by atoms with Crippen LogP contribution in [0, 0.1) is 11.8 Å². The van der Waals surface area contributed by atoms with E-state index in [-0.39, 0.29) is 0 Å². The third kappa shape index (κ3) is 26.0. The van der Waals surface area contributed by atoms with Crippen LogP contribution in [-0.2, 0) is 0 Å². The van der Waals surface area contributed by atoms with Crippen molar-refractivity contribution < 1.29 is 0 Å². The van der Waals surface area contributed by atoms with Gasteiger partial charge in [0, 0.05) is 171 Å². The molecule has 11 nitrogen and oxygen atoms in total. The molecular formula is C57H125N11. The smallest absolute Gasteiger partial charge is 0.0195 e. The van der Waals surface area contributed by atoms with Gasteiger partial charge in [-0.15, -0.1) is 0 Å². The largest absolute Gasteiger partial charge is 0.309 e. The molecule has 11 heteroatoms. The van der Waals surface area contributed by atoms with Gasteiger partial charge in [0.25, 0.3) is 0 Å². The molecule has 6 aliphatic heterocycles. The summed E-state index contributed by atoms with van der Waals surface area (Å²) >= 11 is 0. The first-order valence-corrected chi connectivity index (χ1v) is 28.8. The molecule has 0 aromatic rings. The van der Waals surface area contributed by atoms with Crippen molar-refractivity contribution in [2.75, 3.05) is 139 Å². The first kappa shape index (κ1) is 65.6. The highest BCUT2D eigenvalue weighted by Crippen LogP contribution is 2.29. The van der Waals surface area contributed by atoms with Gasteiger partial charge in [-0.25, -0.2) is 0 Å². The number of nitrogens with zero attached hydrogens (tertiary/aromatic N) is 10. The second-order valence-corrected chi connectivity index (χ2v) is 24.3. The predicted molar refractivity (Wildman–Crippen MR) is 303 cm³/mol. The van der Waals surface area contributed by atoms with Gasteiger partial charge in [0.15, 0.2) is 0 Å². The van der Waals surface area contributed by atoms with Gasteiger partial charge < -0.3 is 20.0 Å². The van der Waals surface area contributed by atoms with E-state index in [1.807, 2.05) is 0 Å². The van der Waals surface area contributed by atoms with E-state index in [0.717, 1.165) is 42.0 Å². The molecule has 0 saturated carbocycles. The van der Waals surface area contributed by atoms with Gasteiger partial charge in [-0.2, -0.15) is 0 Å². The van der Waals surface area contributed by atoms with Crippen molar-refractivity contribution in [1.29, 1.82) is 0 Å². The number of piperidine rings is 1. The van der Waals surface area contributed by atoms with Crippen LogP contribution in [-0.4, -0.2) is 254 Å². The molecule has 0 amide bonds. The molecule has 6 fully saturated rings. The maximum absolute atomic E-state index is 3.52. The second kappa shape index (κ2) is 34.9. The lowest BCUT2D eigenvalue weighted by Crippen LogP contribution is -2.56. The minimum Gasteiger partial charge on any atom is -0.309 e. The summed E-state index contributed by atoms with van der Waals surface area (Å²) in [5, 5.41) is 3.52. The predicted octanol–water partition coefficient (Wildman–Crippen LogP) is 8.35. The molecule has 0 aromatic heterocycles. The SMILES string of the molecule is CC(C)N1CC(C)N(C)C(C)C1.CC(C)N1CCN(C(C)C)CC1.CC(C)N1CCN(C)CC1.CC1CN(C(C)C)CC(C)N1.CCC1CC(C(C)C)CCN1C.CCN1CCN(C(C)C)CC1. The number of rotatable bonds is 9. The Bertz CT molecular complexity index is 1150. The Hall–Kier alpha value is -0.440. The lowest BCUT2D eigenvalue weighted by Gasteiger charge is -2.44. The Labute approximate surface area is 427 Å². The quantitative estimate of drug-likeness (QED) is 0.243. The topological polar surface area (TPSA) is 44.4 Å². The van der Waals surface area contributed by atoms with Crippen LogP contribution in [0.25, 0.3) is 0 Å². The Morgan fingerprint density at radius 2 is 0.765 bits per heavy atom. The van der Waals surface area contributed by atoms with E-state index < -0.39 is 0 Å². The highest BCUT2D eigenvalue weighted by Gasteiger charge is 2.28. The van der Waals surface area contributed by atoms with Crippen molar-refractivity contribution in [3.05, 3.63) is 0 Å². The van der Waals surface area contributed by atoms with E-state index in [0.29, 0.717) is 36.3 Å². The fraction of sp³-hybridized carbons (Fsp3) is 1.00. The molecule has 408 valence electrons. The lowest BCUT2D eigenvalue weighted by molar-refractivity contribution is 0.0425. The van der Waals surface area contributed by atoms with E-state index in [9.17, 15) is 0 Å². The normalized spacial score (nSPS) is 28.7. The Balaban J connectivity index is 0.000000408. The molecule has 0 spiro atoms. The van der Waals surface area contributed by atoms with Crippen LogP contribution in [0.5, 0.6) is 0 Å². The summed E-state index contributed by atoms with van der Waals surface area (Å²) in [6.07, 6.45) is 4.15. The zero-order valence-corrected chi connectivity index (χ0v) is 50.3. The maximum Gasteiger partial charge on any atom is 0.0195 e. The van der Waals surface area contributed by atoms with Crippen LogP contribution in [0.15, 0.2) is 0 Å². The number of likely N-dealkylation sites (tertiary alicyclic amines) is 1. The maximum atomic E-state index is 3.52. The van der Waals surface area contributed by atoms with Crippen molar-refractivity contribution in [1.82, 2.24) is 54.3 Å². The van der Waals surface area contributed by atoms with Gasteiger partial charge in [0.05, 0.1) is 0 Å². The van der Waals surface area contributed by atoms with Gasteiger partial charge in [0.2, 0.25) is 0 Å². The summed E-state index contributed by atoms with van der Waals surface area (Å²) in [6, 6.07) is 7.87. The van der Waals surface area contributed by atoms with Crippen LogP contribution in [0.2, 0.25) is 0 Å². The Morgan fingerprint density at radius 1 is 0.426 bits per heavy atom. The average molecular weight is 965 g/mol. The molecule has 1 N–H and O–H groups in total. The number of nitrogens with one attached hydrogen (secondary N) is 1. The van der Waals surface area contributed by atoms with E-state index in [1.165, 1.54) is 137 Å². The van der Waals surface area contributed by atoms with Gasteiger partial charge in [-0.3, -0.25) is 34.3 Å². The minimum absolute atomic E-state index is 0.654. The molecule has 6 saturated heterocycles. The van der Waals surface area contributed by atoms with Crippen molar-refractivity contribution >= 4 is 0 Å². The van der Waals surface area contributed by atoms with E-state index >= 15 is 0 Å². The van der Waals surface area contributed by atoms with Crippen LogP contribution in [0.1, 0.15) is 158 Å². The fourth-order valence-electron chi connectivity index (χ4n) is 10.6. The molecule has 68 heavy (non-hydrogen) atoms. The molecule has 0 radical (unpaired) electrons. The number of hydrogen-bond acceptors (Lipinski definition) is 11. The molecule has 6 aliphatic rings. The van der Waals surface area contributed by atoms with Gasteiger partial charge in [0.1, 0.15) is 0 Å².